The number of amides is 2. The fourth-order valence-electron chi connectivity index (χ4n) is 2.74. The largest absolute Gasteiger partial charge is 0.506 e. The molecule has 3 aromatic carbocycles. The number of para-hydroxylation sites is 2. The summed E-state index contributed by atoms with van der Waals surface area (Å²) in [5.41, 5.74) is 0.788. The molecule has 0 saturated heterocycles. The number of hydrogen-bond donors (Lipinski definition) is 3. The van der Waals surface area contributed by atoms with Gasteiger partial charge in [-0.05, 0) is 23.6 Å². The van der Waals surface area contributed by atoms with E-state index in [0.717, 1.165) is 5.39 Å². The number of phenolic OH excluding ortho intramolecular Hbond substituents is 1. The molecule has 0 aliphatic heterocycles. The van der Waals surface area contributed by atoms with E-state index >= 15 is 0 Å². The molecular weight excluding hydrogens is 344 g/mol. The molecule has 3 rings (SSSR count). The number of anilines is 1. The molecular formula is C21H20N2O4. The summed E-state index contributed by atoms with van der Waals surface area (Å²) in [6.45, 7) is 1.89. The van der Waals surface area contributed by atoms with Crippen LogP contribution in [0.4, 0.5) is 5.69 Å². The van der Waals surface area contributed by atoms with Crippen molar-refractivity contribution in [2.75, 3.05) is 18.5 Å². The van der Waals surface area contributed by atoms with Gasteiger partial charge in [-0.1, -0.05) is 42.5 Å². The second-order valence-corrected chi connectivity index (χ2v) is 5.96. The van der Waals surface area contributed by atoms with Gasteiger partial charge in [0.1, 0.15) is 18.1 Å². The second-order valence-electron chi connectivity index (χ2n) is 5.96. The topological polar surface area (TPSA) is 87.7 Å². The molecule has 0 aromatic heterocycles. The molecule has 0 radical (unpaired) electrons. The molecule has 0 fully saturated rings. The van der Waals surface area contributed by atoms with Crippen molar-refractivity contribution in [3.05, 3.63) is 66.2 Å². The normalized spacial score (nSPS) is 10.4. The summed E-state index contributed by atoms with van der Waals surface area (Å²) >= 11 is 0. The van der Waals surface area contributed by atoms with E-state index in [4.69, 9.17) is 4.74 Å². The van der Waals surface area contributed by atoms with E-state index in [1.165, 1.54) is 6.92 Å². The zero-order valence-corrected chi connectivity index (χ0v) is 14.9. The molecule has 0 saturated carbocycles. The Morgan fingerprint density at radius 2 is 1.74 bits per heavy atom. The van der Waals surface area contributed by atoms with Gasteiger partial charge in [-0.15, -0.1) is 0 Å². The third-order valence-corrected chi connectivity index (χ3v) is 3.99. The summed E-state index contributed by atoms with van der Waals surface area (Å²) in [6, 6.07) is 17.8. The Labute approximate surface area is 156 Å². The van der Waals surface area contributed by atoms with Gasteiger partial charge in [0.15, 0.2) is 0 Å². The van der Waals surface area contributed by atoms with Crippen molar-refractivity contribution in [3.63, 3.8) is 0 Å². The minimum atomic E-state index is -0.378. The Bertz CT molecular complexity index is 985. The molecule has 2 amide bonds. The van der Waals surface area contributed by atoms with E-state index in [1.54, 1.807) is 42.5 Å². The highest BCUT2D eigenvalue weighted by Crippen LogP contribution is 2.28. The lowest BCUT2D eigenvalue weighted by atomic mass is 10.0. The van der Waals surface area contributed by atoms with Crippen molar-refractivity contribution in [3.8, 4) is 11.5 Å². The lowest BCUT2D eigenvalue weighted by Crippen LogP contribution is -2.28. The SMILES string of the molecule is CC(=O)Nc1ccccc1OCCNC(=O)c1ccc2ccccc2c1O. The maximum absolute atomic E-state index is 12.3. The minimum Gasteiger partial charge on any atom is -0.506 e. The van der Waals surface area contributed by atoms with Crippen LogP contribution in [0.25, 0.3) is 10.8 Å². The summed E-state index contributed by atoms with van der Waals surface area (Å²) in [6.07, 6.45) is 0. The Kier molecular flexibility index (Phi) is 5.56. The standard InChI is InChI=1S/C21H20N2O4/c1-14(24)23-18-8-4-5-9-19(18)27-13-12-22-21(26)17-11-10-15-6-2-3-7-16(15)20(17)25/h2-11,25H,12-13H2,1H3,(H,22,26)(H,23,24). The molecule has 6 heteroatoms. The minimum absolute atomic E-state index is 0.0393. The number of rotatable bonds is 6. The molecule has 0 heterocycles. The fraction of sp³-hybridized carbons (Fsp3) is 0.143. The van der Waals surface area contributed by atoms with Gasteiger partial charge >= 0.3 is 0 Å². The Morgan fingerprint density at radius 3 is 2.56 bits per heavy atom. The van der Waals surface area contributed by atoms with Gasteiger partial charge < -0.3 is 20.5 Å². The first-order valence-corrected chi connectivity index (χ1v) is 8.54. The number of phenols is 1. The quantitative estimate of drug-likeness (QED) is 0.586. The van der Waals surface area contributed by atoms with E-state index in [0.29, 0.717) is 16.8 Å². The predicted molar refractivity (Wildman–Crippen MR) is 104 cm³/mol. The van der Waals surface area contributed by atoms with Crippen molar-refractivity contribution >= 4 is 28.3 Å². The van der Waals surface area contributed by atoms with Crippen molar-refractivity contribution in [1.29, 1.82) is 0 Å². The van der Waals surface area contributed by atoms with Gasteiger partial charge in [-0.3, -0.25) is 9.59 Å². The molecule has 3 N–H and O–H groups in total. The monoisotopic (exact) mass is 364 g/mol. The molecule has 0 unspecified atom stereocenters. The van der Waals surface area contributed by atoms with E-state index in [-0.39, 0.29) is 36.3 Å². The molecule has 27 heavy (non-hydrogen) atoms. The Hall–Kier alpha value is -3.54. The van der Waals surface area contributed by atoms with Crippen LogP contribution < -0.4 is 15.4 Å². The molecule has 0 bridgehead atoms. The fourth-order valence-corrected chi connectivity index (χ4v) is 2.74. The zero-order chi connectivity index (χ0) is 19.2. The van der Waals surface area contributed by atoms with E-state index in [1.807, 2.05) is 18.2 Å². The number of hydrogen-bond acceptors (Lipinski definition) is 4. The smallest absolute Gasteiger partial charge is 0.255 e. The Balaban J connectivity index is 1.59. The highest BCUT2D eigenvalue weighted by Gasteiger charge is 2.13. The summed E-state index contributed by atoms with van der Waals surface area (Å²) < 4.78 is 5.63. The van der Waals surface area contributed by atoms with Crippen molar-refractivity contribution < 1.29 is 19.4 Å². The Morgan fingerprint density at radius 1 is 1.00 bits per heavy atom. The van der Waals surface area contributed by atoms with Gasteiger partial charge in [0, 0.05) is 12.3 Å². The third-order valence-electron chi connectivity index (χ3n) is 3.99. The number of carbonyl (C=O) groups is 2. The average molecular weight is 364 g/mol. The van der Waals surface area contributed by atoms with Crippen LogP contribution in [-0.2, 0) is 4.79 Å². The second kappa shape index (κ2) is 8.23. The number of fused-ring (bicyclic) bond motifs is 1. The summed E-state index contributed by atoms with van der Waals surface area (Å²) in [5.74, 6) is -0.0823. The van der Waals surface area contributed by atoms with Crippen LogP contribution >= 0.6 is 0 Å². The van der Waals surface area contributed by atoms with Crippen LogP contribution in [0.2, 0.25) is 0 Å². The van der Waals surface area contributed by atoms with Crippen molar-refractivity contribution in [1.82, 2.24) is 5.32 Å². The van der Waals surface area contributed by atoms with E-state index in [9.17, 15) is 14.7 Å². The highest BCUT2D eigenvalue weighted by atomic mass is 16.5. The molecule has 0 spiro atoms. The van der Waals surface area contributed by atoms with Crippen LogP contribution in [0.1, 0.15) is 17.3 Å². The van der Waals surface area contributed by atoms with Crippen LogP contribution in [0.5, 0.6) is 11.5 Å². The van der Waals surface area contributed by atoms with Gasteiger partial charge in [-0.25, -0.2) is 0 Å². The van der Waals surface area contributed by atoms with Crippen LogP contribution in [-0.4, -0.2) is 30.1 Å². The summed E-state index contributed by atoms with van der Waals surface area (Å²) in [4.78, 5) is 23.6. The zero-order valence-electron chi connectivity index (χ0n) is 14.9. The number of benzene rings is 3. The third kappa shape index (κ3) is 4.36. The number of nitrogens with one attached hydrogen (secondary N) is 2. The first kappa shape index (κ1) is 18.3. The molecule has 6 nitrogen and oxygen atoms in total. The van der Waals surface area contributed by atoms with Gasteiger partial charge in [0.25, 0.3) is 5.91 Å². The molecule has 0 atom stereocenters. The maximum Gasteiger partial charge on any atom is 0.255 e. The van der Waals surface area contributed by atoms with Crippen LogP contribution in [0.15, 0.2) is 60.7 Å². The number of aromatic hydroxyl groups is 1. The van der Waals surface area contributed by atoms with E-state index < -0.39 is 0 Å². The summed E-state index contributed by atoms with van der Waals surface area (Å²) in [7, 11) is 0. The first-order valence-electron chi connectivity index (χ1n) is 8.54. The maximum atomic E-state index is 12.3. The first-order chi connectivity index (χ1) is 13.1. The van der Waals surface area contributed by atoms with Crippen LogP contribution in [0.3, 0.4) is 0 Å². The molecule has 0 aliphatic carbocycles. The summed E-state index contributed by atoms with van der Waals surface area (Å²) in [5, 5.41) is 17.3. The molecule has 138 valence electrons. The van der Waals surface area contributed by atoms with Crippen molar-refractivity contribution in [2.24, 2.45) is 0 Å². The van der Waals surface area contributed by atoms with Gasteiger partial charge in [-0.2, -0.15) is 0 Å². The average Bonchev–Trinajstić information content (AvgIpc) is 2.66. The van der Waals surface area contributed by atoms with Crippen LogP contribution in [0, 0.1) is 0 Å². The number of ether oxygens (including phenoxy) is 1. The molecule has 0 aliphatic rings. The van der Waals surface area contributed by atoms with Crippen molar-refractivity contribution in [2.45, 2.75) is 6.92 Å². The molecule has 3 aromatic rings. The number of carbonyl (C=O) groups excluding carboxylic acids is 2. The predicted octanol–water partition coefficient (Wildman–Crippen LogP) is 3.31. The highest BCUT2D eigenvalue weighted by molar-refractivity contribution is 6.03. The van der Waals surface area contributed by atoms with Gasteiger partial charge in [0.05, 0.1) is 17.8 Å². The lowest BCUT2D eigenvalue weighted by molar-refractivity contribution is -0.114. The van der Waals surface area contributed by atoms with Gasteiger partial charge in [0.2, 0.25) is 5.91 Å². The van der Waals surface area contributed by atoms with E-state index in [2.05, 4.69) is 10.6 Å². The lowest BCUT2D eigenvalue weighted by Gasteiger charge is -2.12.